The molecule has 0 radical (unpaired) electrons. The van der Waals surface area contributed by atoms with E-state index in [2.05, 4.69) is 13.0 Å². The van der Waals surface area contributed by atoms with Crippen LogP contribution in [0, 0.1) is 12.3 Å². The molecule has 2 rings (SSSR count). The van der Waals surface area contributed by atoms with Gasteiger partial charge in [0.1, 0.15) is 5.75 Å². The summed E-state index contributed by atoms with van der Waals surface area (Å²) in [6, 6.07) is 6.16. The van der Waals surface area contributed by atoms with Crippen LogP contribution in [0.1, 0.15) is 31.9 Å². The van der Waals surface area contributed by atoms with Crippen molar-refractivity contribution in [3.8, 4) is 5.75 Å². The van der Waals surface area contributed by atoms with Crippen LogP contribution in [0.3, 0.4) is 0 Å². The number of hydrogen-bond acceptors (Lipinski definition) is 2. The first-order chi connectivity index (χ1) is 8.31. The van der Waals surface area contributed by atoms with Gasteiger partial charge in [0.2, 0.25) is 0 Å². The molecule has 0 amide bonds. The first-order valence-electron chi connectivity index (χ1n) is 6.21. The molecule has 0 N–H and O–H groups in total. The van der Waals surface area contributed by atoms with E-state index in [0.29, 0.717) is 0 Å². The second kappa shape index (κ2) is 3.98. The predicted molar refractivity (Wildman–Crippen MR) is 73.0 cm³/mol. The van der Waals surface area contributed by atoms with Gasteiger partial charge in [0.05, 0.1) is 7.11 Å². The first kappa shape index (κ1) is 12.9. The minimum atomic E-state index is -0.411. The van der Waals surface area contributed by atoms with E-state index in [1.165, 1.54) is 0 Å². The highest BCUT2D eigenvalue weighted by Gasteiger charge is 2.48. The summed E-state index contributed by atoms with van der Waals surface area (Å²) >= 11 is 0. The first-order valence-corrected chi connectivity index (χ1v) is 6.21. The molecule has 0 fully saturated rings. The van der Waals surface area contributed by atoms with E-state index in [1.54, 1.807) is 13.2 Å². The van der Waals surface area contributed by atoms with Gasteiger partial charge in [-0.25, -0.2) is 0 Å². The number of ether oxygens (including phenoxy) is 1. The van der Waals surface area contributed by atoms with Crippen LogP contribution in [0.15, 0.2) is 30.4 Å². The van der Waals surface area contributed by atoms with Crippen LogP contribution in [0.4, 0.5) is 0 Å². The molecular formula is C16H20O2. The van der Waals surface area contributed by atoms with Gasteiger partial charge in [0, 0.05) is 10.8 Å². The Labute approximate surface area is 109 Å². The highest BCUT2D eigenvalue weighted by atomic mass is 16.5. The summed E-state index contributed by atoms with van der Waals surface area (Å²) in [6.07, 6.45) is 3.72. The van der Waals surface area contributed by atoms with Gasteiger partial charge in [0.15, 0.2) is 5.78 Å². The molecule has 0 aliphatic heterocycles. The smallest absolute Gasteiger partial charge is 0.162 e. The number of hydrogen-bond donors (Lipinski definition) is 0. The zero-order valence-corrected chi connectivity index (χ0v) is 11.7. The Morgan fingerprint density at radius 3 is 2.28 bits per heavy atom. The van der Waals surface area contributed by atoms with E-state index in [9.17, 15) is 4.79 Å². The van der Waals surface area contributed by atoms with Crippen molar-refractivity contribution >= 4 is 5.78 Å². The van der Waals surface area contributed by atoms with Crippen LogP contribution < -0.4 is 4.74 Å². The van der Waals surface area contributed by atoms with Gasteiger partial charge >= 0.3 is 0 Å². The molecule has 2 nitrogen and oxygen atoms in total. The minimum absolute atomic E-state index is 0.186. The molecule has 1 aliphatic rings. The summed E-state index contributed by atoms with van der Waals surface area (Å²) in [4.78, 5) is 12.0. The third-order valence-electron chi connectivity index (χ3n) is 4.37. The number of carbonyl (C=O) groups is 1. The van der Waals surface area contributed by atoms with Crippen molar-refractivity contribution in [1.82, 2.24) is 0 Å². The fraction of sp³-hybridized carbons (Fsp3) is 0.438. The Bertz CT molecular complexity index is 526. The third-order valence-corrected chi connectivity index (χ3v) is 4.37. The lowest BCUT2D eigenvalue weighted by atomic mass is 9.64. The molecule has 18 heavy (non-hydrogen) atoms. The quantitative estimate of drug-likeness (QED) is 0.796. The van der Waals surface area contributed by atoms with Crippen LogP contribution in [0.2, 0.25) is 0 Å². The summed E-state index contributed by atoms with van der Waals surface area (Å²) in [5, 5.41) is 0. The second-order valence-electron chi connectivity index (χ2n) is 5.76. The third kappa shape index (κ3) is 1.67. The van der Waals surface area contributed by atoms with E-state index in [-0.39, 0.29) is 11.2 Å². The van der Waals surface area contributed by atoms with E-state index < -0.39 is 5.41 Å². The van der Waals surface area contributed by atoms with Gasteiger partial charge in [-0.05, 0) is 36.3 Å². The lowest BCUT2D eigenvalue weighted by Crippen LogP contribution is -2.38. The Kier molecular flexibility index (Phi) is 2.84. The maximum atomic E-state index is 12.0. The van der Waals surface area contributed by atoms with Crippen molar-refractivity contribution in [1.29, 1.82) is 0 Å². The lowest BCUT2D eigenvalue weighted by molar-refractivity contribution is -0.123. The van der Waals surface area contributed by atoms with Crippen LogP contribution in [-0.2, 0) is 10.2 Å². The zero-order chi connectivity index (χ0) is 13.6. The van der Waals surface area contributed by atoms with Gasteiger partial charge in [-0.15, -0.1) is 0 Å². The molecule has 0 aromatic heterocycles. The molecule has 1 aromatic rings. The standard InChI is InChI=1S/C16H20O2/c1-11-8-12(10-13(9-11)18-5)16(4)7-6-14(17)15(16,2)3/h6-10H,1-5H3. The molecule has 2 heteroatoms. The molecule has 1 atom stereocenters. The van der Waals surface area contributed by atoms with Crippen LogP contribution in [0.25, 0.3) is 0 Å². The SMILES string of the molecule is COc1cc(C)cc(C2(C)C=CC(=O)C2(C)C)c1. The fourth-order valence-corrected chi connectivity index (χ4v) is 2.54. The van der Waals surface area contributed by atoms with Crippen LogP contribution >= 0.6 is 0 Å². The number of ketones is 1. The molecular weight excluding hydrogens is 224 g/mol. The molecule has 1 aromatic carbocycles. The molecule has 0 spiro atoms. The van der Waals surface area contributed by atoms with Crippen molar-refractivity contribution in [3.63, 3.8) is 0 Å². The van der Waals surface area contributed by atoms with Gasteiger partial charge in [-0.1, -0.05) is 32.9 Å². The van der Waals surface area contributed by atoms with Crippen LogP contribution in [-0.4, -0.2) is 12.9 Å². The number of allylic oxidation sites excluding steroid dienone is 2. The average molecular weight is 244 g/mol. The highest BCUT2D eigenvalue weighted by Crippen LogP contribution is 2.48. The van der Waals surface area contributed by atoms with Crippen molar-refractivity contribution < 1.29 is 9.53 Å². The molecule has 1 aliphatic carbocycles. The molecule has 0 bridgehead atoms. The topological polar surface area (TPSA) is 26.3 Å². The lowest BCUT2D eigenvalue weighted by Gasteiger charge is -2.37. The molecule has 0 heterocycles. The normalized spacial score (nSPS) is 25.5. The number of benzene rings is 1. The molecule has 1 unspecified atom stereocenters. The fourth-order valence-electron chi connectivity index (χ4n) is 2.54. The number of rotatable bonds is 2. The van der Waals surface area contributed by atoms with E-state index in [0.717, 1.165) is 16.9 Å². The highest BCUT2D eigenvalue weighted by molar-refractivity contribution is 5.99. The van der Waals surface area contributed by atoms with Crippen molar-refractivity contribution in [2.45, 2.75) is 33.1 Å². The molecule has 96 valence electrons. The van der Waals surface area contributed by atoms with E-state index >= 15 is 0 Å². The van der Waals surface area contributed by atoms with E-state index in [4.69, 9.17) is 4.74 Å². The van der Waals surface area contributed by atoms with Crippen molar-refractivity contribution in [3.05, 3.63) is 41.5 Å². The van der Waals surface area contributed by atoms with Crippen LogP contribution in [0.5, 0.6) is 5.75 Å². The summed E-state index contributed by atoms with van der Waals surface area (Å²) in [5.41, 5.74) is 1.59. The van der Waals surface area contributed by atoms with Gasteiger partial charge in [0.25, 0.3) is 0 Å². The Morgan fingerprint density at radius 1 is 1.11 bits per heavy atom. The van der Waals surface area contributed by atoms with Crippen molar-refractivity contribution in [2.24, 2.45) is 5.41 Å². The summed E-state index contributed by atoms with van der Waals surface area (Å²) < 4.78 is 5.33. The second-order valence-corrected chi connectivity index (χ2v) is 5.76. The van der Waals surface area contributed by atoms with Gasteiger partial charge < -0.3 is 4.74 Å². The molecule has 0 saturated carbocycles. The summed E-state index contributed by atoms with van der Waals surface area (Å²) in [6.45, 7) is 8.17. The largest absolute Gasteiger partial charge is 0.497 e. The summed E-state index contributed by atoms with van der Waals surface area (Å²) in [7, 11) is 1.67. The van der Waals surface area contributed by atoms with Gasteiger partial charge in [-0.3, -0.25) is 4.79 Å². The van der Waals surface area contributed by atoms with E-state index in [1.807, 2.05) is 39.0 Å². The van der Waals surface area contributed by atoms with Gasteiger partial charge in [-0.2, -0.15) is 0 Å². The predicted octanol–water partition coefficient (Wildman–Crippen LogP) is 3.43. The monoisotopic (exact) mass is 244 g/mol. The maximum absolute atomic E-state index is 12.0. The maximum Gasteiger partial charge on any atom is 0.162 e. The Morgan fingerprint density at radius 2 is 1.78 bits per heavy atom. The number of aryl methyl sites for hydroxylation is 1. The number of carbonyl (C=O) groups excluding carboxylic acids is 1. The Balaban J connectivity index is 2.58. The Hall–Kier alpha value is -1.57. The molecule has 0 saturated heterocycles. The number of methoxy groups -OCH3 is 1. The van der Waals surface area contributed by atoms with Crippen molar-refractivity contribution in [2.75, 3.05) is 7.11 Å². The average Bonchev–Trinajstić information content (AvgIpc) is 2.53. The minimum Gasteiger partial charge on any atom is -0.497 e. The summed E-state index contributed by atoms with van der Waals surface area (Å²) in [5.74, 6) is 1.03. The zero-order valence-electron chi connectivity index (χ0n) is 11.7.